The first-order valence-corrected chi connectivity index (χ1v) is 8.29. The van der Waals surface area contributed by atoms with Crippen LogP contribution in [0.15, 0.2) is 36.4 Å². The molecular formula is C19H16F2N2O4. The molecule has 0 saturated carbocycles. The van der Waals surface area contributed by atoms with E-state index in [4.69, 9.17) is 9.47 Å². The van der Waals surface area contributed by atoms with Gasteiger partial charge in [0, 0.05) is 18.1 Å². The van der Waals surface area contributed by atoms with Gasteiger partial charge < -0.3 is 14.8 Å². The largest absolute Gasteiger partial charge is 0.467 e. The second-order valence-corrected chi connectivity index (χ2v) is 6.66. The van der Waals surface area contributed by atoms with Crippen LogP contribution in [0, 0.1) is 11.6 Å². The highest BCUT2D eigenvalue weighted by Gasteiger charge is 2.50. The quantitative estimate of drug-likeness (QED) is 0.817. The Morgan fingerprint density at radius 3 is 2.78 bits per heavy atom. The molecule has 0 unspecified atom stereocenters. The van der Waals surface area contributed by atoms with Crippen LogP contribution in [0.5, 0.6) is 5.75 Å². The summed E-state index contributed by atoms with van der Waals surface area (Å²) in [5, 5.41) is 2.80. The summed E-state index contributed by atoms with van der Waals surface area (Å²) in [4.78, 5) is 25.6. The SMILES string of the molecule is COC(=O)c1ccc2c(c1)[C@H]1C[C@@](C)(O2)N(c2ccc(F)cc2F)C(=O)N1. The first-order chi connectivity index (χ1) is 12.8. The molecule has 0 aromatic heterocycles. The summed E-state index contributed by atoms with van der Waals surface area (Å²) in [7, 11) is 1.28. The Hall–Kier alpha value is -3.16. The van der Waals surface area contributed by atoms with Gasteiger partial charge in [0.05, 0.1) is 24.4 Å². The summed E-state index contributed by atoms with van der Waals surface area (Å²) < 4.78 is 38.3. The summed E-state index contributed by atoms with van der Waals surface area (Å²) >= 11 is 0. The van der Waals surface area contributed by atoms with Crippen molar-refractivity contribution in [1.82, 2.24) is 5.32 Å². The fraction of sp³-hybridized carbons (Fsp3) is 0.263. The number of hydrogen-bond donors (Lipinski definition) is 1. The van der Waals surface area contributed by atoms with E-state index in [-0.39, 0.29) is 5.69 Å². The van der Waals surface area contributed by atoms with Crippen LogP contribution in [0.1, 0.15) is 35.3 Å². The lowest BCUT2D eigenvalue weighted by atomic mass is 9.89. The van der Waals surface area contributed by atoms with Crippen molar-refractivity contribution < 1.29 is 27.8 Å². The topological polar surface area (TPSA) is 67.9 Å². The van der Waals surface area contributed by atoms with Crippen molar-refractivity contribution in [2.45, 2.75) is 25.1 Å². The molecule has 2 aromatic rings. The summed E-state index contributed by atoms with van der Waals surface area (Å²) in [6.07, 6.45) is 0.313. The lowest BCUT2D eigenvalue weighted by molar-refractivity contribution is 0.0372. The van der Waals surface area contributed by atoms with E-state index in [1.165, 1.54) is 13.2 Å². The Kier molecular flexibility index (Phi) is 3.80. The van der Waals surface area contributed by atoms with Crippen molar-refractivity contribution in [2.24, 2.45) is 0 Å². The first-order valence-electron chi connectivity index (χ1n) is 8.29. The van der Waals surface area contributed by atoms with Gasteiger partial charge in [-0.2, -0.15) is 0 Å². The minimum absolute atomic E-state index is 0.0792. The maximum atomic E-state index is 14.3. The Morgan fingerprint density at radius 2 is 2.07 bits per heavy atom. The molecule has 140 valence electrons. The molecule has 0 radical (unpaired) electrons. The van der Waals surface area contributed by atoms with Crippen LogP contribution in [0.25, 0.3) is 0 Å². The van der Waals surface area contributed by atoms with Gasteiger partial charge >= 0.3 is 12.0 Å². The molecule has 0 spiro atoms. The number of esters is 1. The normalized spacial score (nSPS) is 23.2. The first kappa shape index (κ1) is 17.3. The van der Waals surface area contributed by atoms with Crippen molar-refractivity contribution >= 4 is 17.7 Å². The van der Waals surface area contributed by atoms with Gasteiger partial charge in [-0.25, -0.2) is 18.4 Å². The molecule has 6 nitrogen and oxygen atoms in total. The minimum atomic E-state index is -1.18. The van der Waals surface area contributed by atoms with Gasteiger partial charge in [0.15, 0.2) is 5.72 Å². The average molecular weight is 374 g/mol. The second kappa shape index (κ2) is 5.94. The molecule has 2 bridgehead atoms. The van der Waals surface area contributed by atoms with E-state index in [0.29, 0.717) is 23.3 Å². The number of fused-ring (bicyclic) bond motifs is 4. The number of amides is 2. The minimum Gasteiger partial charge on any atom is -0.467 e. The van der Waals surface area contributed by atoms with E-state index in [9.17, 15) is 18.4 Å². The zero-order valence-electron chi connectivity index (χ0n) is 14.6. The molecule has 2 aliphatic rings. The molecule has 4 rings (SSSR count). The Morgan fingerprint density at radius 1 is 1.30 bits per heavy atom. The third-order valence-corrected chi connectivity index (χ3v) is 4.84. The van der Waals surface area contributed by atoms with E-state index in [2.05, 4.69) is 5.32 Å². The fourth-order valence-electron chi connectivity index (χ4n) is 3.65. The molecular weight excluding hydrogens is 358 g/mol. The van der Waals surface area contributed by atoms with Crippen LogP contribution in [-0.4, -0.2) is 24.8 Å². The van der Waals surface area contributed by atoms with E-state index in [0.717, 1.165) is 17.0 Å². The molecule has 2 amide bonds. The summed E-state index contributed by atoms with van der Waals surface area (Å²) in [5.74, 6) is -1.63. The Bertz CT molecular complexity index is 965. The Balaban J connectivity index is 1.77. The molecule has 27 heavy (non-hydrogen) atoms. The number of carbonyl (C=O) groups excluding carboxylic acids is 2. The molecule has 1 saturated heterocycles. The molecule has 2 atom stereocenters. The van der Waals surface area contributed by atoms with Gasteiger partial charge in [-0.3, -0.25) is 4.90 Å². The predicted octanol–water partition coefficient (Wildman–Crippen LogP) is 3.52. The second-order valence-electron chi connectivity index (χ2n) is 6.66. The Labute approximate surface area is 153 Å². The molecule has 0 aliphatic carbocycles. The number of benzene rings is 2. The van der Waals surface area contributed by atoms with Crippen molar-refractivity contribution in [2.75, 3.05) is 12.0 Å². The molecule has 8 heteroatoms. The number of nitrogens with zero attached hydrogens (tertiary/aromatic N) is 1. The van der Waals surface area contributed by atoms with Crippen molar-refractivity contribution in [3.8, 4) is 5.75 Å². The van der Waals surface area contributed by atoms with Gasteiger partial charge in [-0.15, -0.1) is 0 Å². The van der Waals surface area contributed by atoms with Crippen LogP contribution in [0.4, 0.5) is 19.3 Å². The number of carbonyl (C=O) groups is 2. The lowest BCUT2D eigenvalue weighted by Gasteiger charge is -2.50. The number of rotatable bonds is 2. The number of urea groups is 1. The average Bonchev–Trinajstić information content (AvgIpc) is 2.62. The summed E-state index contributed by atoms with van der Waals surface area (Å²) in [6, 6.07) is 6.79. The number of anilines is 1. The van der Waals surface area contributed by atoms with E-state index < -0.39 is 35.4 Å². The van der Waals surface area contributed by atoms with Crippen LogP contribution >= 0.6 is 0 Å². The summed E-state index contributed by atoms with van der Waals surface area (Å²) in [6.45, 7) is 1.67. The van der Waals surface area contributed by atoms with Crippen LogP contribution in [0.3, 0.4) is 0 Å². The maximum Gasteiger partial charge on any atom is 0.337 e. The standard InChI is InChI=1S/C19H16F2N2O4/c1-19-9-14(12-7-10(17(24)26-2)3-6-16(12)27-19)22-18(25)23(19)15-5-4-11(20)8-13(15)21/h3-8,14H,9H2,1-2H3,(H,22,25)/t14-,19-/m1/s1. The fourth-order valence-corrected chi connectivity index (χ4v) is 3.65. The van der Waals surface area contributed by atoms with E-state index >= 15 is 0 Å². The van der Waals surface area contributed by atoms with Gasteiger partial charge in [0.2, 0.25) is 0 Å². The number of hydrogen-bond acceptors (Lipinski definition) is 4. The van der Waals surface area contributed by atoms with E-state index in [1.807, 2.05) is 0 Å². The van der Waals surface area contributed by atoms with Gasteiger partial charge in [-0.05, 0) is 37.3 Å². The van der Waals surface area contributed by atoms with Gasteiger partial charge in [0.1, 0.15) is 17.4 Å². The highest BCUT2D eigenvalue weighted by Crippen LogP contribution is 2.46. The molecule has 1 N–H and O–H groups in total. The third kappa shape index (κ3) is 2.68. The summed E-state index contributed by atoms with van der Waals surface area (Å²) in [5.41, 5.74) is -0.275. The highest BCUT2D eigenvalue weighted by molar-refractivity contribution is 5.95. The van der Waals surface area contributed by atoms with Gasteiger partial charge in [0.25, 0.3) is 0 Å². The number of ether oxygens (including phenoxy) is 2. The van der Waals surface area contributed by atoms with Crippen LogP contribution < -0.4 is 15.0 Å². The van der Waals surface area contributed by atoms with Crippen LogP contribution in [-0.2, 0) is 4.74 Å². The monoisotopic (exact) mass is 374 g/mol. The third-order valence-electron chi connectivity index (χ3n) is 4.84. The highest BCUT2D eigenvalue weighted by atomic mass is 19.1. The van der Waals surface area contributed by atoms with Crippen molar-refractivity contribution in [3.63, 3.8) is 0 Å². The van der Waals surface area contributed by atoms with Crippen molar-refractivity contribution in [3.05, 3.63) is 59.2 Å². The lowest BCUT2D eigenvalue weighted by Crippen LogP contribution is -2.65. The van der Waals surface area contributed by atoms with E-state index in [1.54, 1.807) is 25.1 Å². The zero-order chi connectivity index (χ0) is 19.3. The van der Waals surface area contributed by atoms with Gasteiger partial charge in [-0.1, -0.05) is 0 Å². The zero-order valence-corrected chi connectivity index (χ0v) is 14.6. The maximum absolute atomic E-state index is 14.3. The molecule has 1 fully saturated rings. The number of nitrogens with one attached hydrogen (secondary N) is 1. The smallest absolute Gasteiger partial charge is 0.337 e. The molecule has 2 aliphatic heterocycles. The molecule has 2 aromatic carbocycles. The van der Waals surface area contributed by atoms with Crippen molar-refractivity contribution in [1.29, 1.82) is 0 Å². The number of methoxy groups -OCH3 is 1. The van der Waals surface area contributed by atoms with Crippen LogP contribution in [0.2, 0.25) is 0 Å². The predicted molar refractivity (Wildman–Crippen MR) is 91.5 cm³/mol. The molecule has 2 heterocycles. The number of halogens is 2.